The van der Waals surface area contributed by atoms with E-state index in [9.17, 15) is 5.11 Å². The van der Waals surface area contributed by atoms with Gasteiger partial charge in [0, 0.05) is 3.42 Å². The highest BCUT2D eigenvalue weighted by molar-refractivity contribution is 14.1. The van der Waals surface area contributed by atoms with Gasteiger partial charge in [0.15, 0.2) is 0 Å². The maximum Gasteiger partial charge on any atom is 0.0762 e. The molecule has 1 rings (SSSR count). The van der Waals surface area contributed by atoms with Crippen LogP contribution in [0, 0.1) is 0 Å². The Kier molecular flexibility index (Phi) is 2.31. The quantitative estimate of drug-likeness (QED) is 0.520. The van der Waals surface area contributed by atoms with Crippen LogP contribution in [0.5, 0.6) is 0 Å². The third-order valence-electron chi connectivity index (χ3n) is 2.68. The van der Waals surface area contributed by atoms with Gasteiger partial charge >= 0.3 is 0 Å². The van der Waals surface area contributed by atoms with E-state index in [0.29, 0.717) is 0 Å². The first-order chi connectivity index (χ1) is 4.46. The molecule has 1 aliphatic carbocycles. The van der Waals surface area contributed by atoms with E-state index in [1.165, 1.54) is 12.8 Å². The van der Waals surface area contributed by atoms with E-state index in [-0.39, 0.29) is 3.42 Å². The van der Waals surface area contributed by atoms with Gasteiger partial charge in [-0.2, -0.15) is 0 Å². The van der Waals surface area contributed by atoms with E-state index < -0.39 is 5.60 Å². The van der Waals surface area contributed by atoms with Crippen molar-refractivity contribution in [1.29, 1.82) is 0 Å². The first-order valence-electron chi connectivity index (χ1n) is 3.87. The minimum absolute atomic E-state index is 0.100. The van der Waals surface area contributed by atoms with E-state index in [4.69, 9.17) is 0 Å². The van der Waals surface area contributed by atoms with Gasteiger partial charge in [0.05, 0.1) is 5.60 Å². The molecule has 0 radical (unpaired) electrons. The highest BCUT2D eigenvalue weighted by Crippen LogP contribution is 2.43. The average molecular weight is 254 g/mol. The van der Waals surface area contributed by atoms with Gasteiger partial charge in [0.2, 0.25) is 0 Å². The Morgan fingerprint density at radius 1 is 1.20 bits per heavy atom. The van der Waals surface area contributed by atoms with Gasteiger partial charge in [-0.25, -0.2) is 0 Å². The van der Waals surface area contributed by atoms with Crippen molar-refractivity contribution < 1.29 is 5.11 Å². The second-order valence-corrected chi connectivity index (χ2v) is 6.06. The average Bonchev–Trinajstić information content (AvgIpc) is 1.77. The molecule has 0 aromatic carbocycles. The molecule has 0 amide bonds. The fourth-order valence-electron chi connectivity index (χ4n) is 1.46. The molecule has 1 aliphatic rings. The zero-order chi connectivity index (χ0) is 7.83. The molecule has 60 valence electrons. The summed E-state index contributed by atoms with van der Waals surface area (Å²) in [4.78, 5) is 0. The molecule has 0 saturated heterocycles. The van der Waals surface area contributed by atoms with Gasteiger partial charge in [0.1, 0.15) is 0 Å². The Morgan fingerprint density at radius 3 is 2.00 bits per heavy atom. The first kappa shape index (κ1) is 8.78. The van der Waals surface area contributed by atoms with Crippen LogP contribution in [0.15, 0.2) is 0 Å². The zero-order valence-electron chi connectivity index (χ0n) is 6.65. The van der Waals surface area contributed by atoms with Crippen LogP contribution in [-0.2, 0) is 0 Å². The number of hydrogen-bond donors (Lipinski definition) is 1. The van der Waals surface area contributed by atoms with E-state index in [1.807, 2.05) is 6.92 Å². The van der Waals surface area contributed by atoms with Crippen LogP contribution < -0.4 is 0 Å². The minimum atomic E-state index is -0.439. The molecule has 0 aromatic rings. The Labute approximate surface area is 76.3 Å². The number of alkyl halides is 1. The molecule has 1 N–H and O–H groups in total. The molecule has 0 aliphatic heterocycles. The molecular weight excluding hydrogens is 239 g/mol. The summed E-state index contributed by atoms with van der Waals surface area (Å²) >= 11 is 2.38. The monoisotopic (exact) mass is 254 g/mol. The Balaban J connectivity index is 2.70. The van der Waals surface area contributed by atoms with Crippen LogP contribution in [0.2, 0.25) is 0 Å². The van der Waals surface area contributed by atoms with Crippen molar-refractivity contribution in [2.75, 3.05) is 0 Å². The second-order valence-electron chi connectivity index (χ2n) is 3.68. The van der Waals surface area contributed by atoms with Crippen molar-refractivity contribution in [1.82, 2.24) is 0 Å². The summed E-state index contributed by atoms with van der Waals surface area (Å²) in [5.74, 6) is 0. The molecule has 2 heteroatoms. The summed E-state index contributed by atoms with van der Waals surface area (Å²) in [5, 5.41) is 9.89. The van der Waals surface area contributed by atoms with Crippen LogP contribution in [0.1, 0.15) is 39.5 Å². The summed E-state index contributed by atoms with van der Waals surface area (Å²) in [6.07, 6.45) is 4.58. The van der Waals surface area contributed by atoms with Gasteiger partial charge in [-0.05, 0) is 26.7 Å². The van der Waals surface area contributed by atoms with Crippen molar-refractivity contribution >= 4 is 22.6 Å². The van der Waals surface area contributed by atoms with Crippen LogP contribution >= 0.6 is 22.6 Å². The summed E-state index contributed by atoms with van der Waals surface area (Å²) in [5.41, 5.74) is -0.439. The van der Waals surface area contributed by atoms with Crippen molar-refractivity contribution in [2.24, 2.45) is 0 Å². The van der Waals surface area contributed by atoms with Gasteiger partial charge in [-0.3, -0.25) is 0 Å². The molecule has 0 aromatic heterocycles. The second kappa shape index (κ2) is 2.63. The smallest absolute Gasteiger partial charge is 0.0762 e. The predicted octanol–water partition coefficient (Wildman–Crippen LogP) is 2.51. The van der Waals surface area contributed by atoms with Gasteiger partial charge < -0.3 is 5.11 Å². The lowest BCUT2D eigenvalue weighted by molar-refractivity contribution is 0.000821. The highest BCUT2D eigenvalue weighted by atomic mass is 127. The fraction of sp³-hybridized carbons (Fsp3) is 1.00. The topological polar surface area (TPSA) is 20.2 Å². The lowest BCUT2D eigenvalue weighted by Gasteiger charge is -2.42. The number of hydrogen-bond acceptors (Lipinski definition) is 1. The number of aliphatic hydroxyl groups is 1. The SMILES string of the molecule is CC1(O)CCCCC1(C)I. The van der Waals surface area contributed by atoms with Crippen LogP contribution in [0.25, 0.3) is 0 Å². The third-order valence-corrected chi connectivity index (χ3v) is 4.38. The van der Waals surface area contributed by atoms with E-state index >= 15 is 0 Å². The maximum absolute atomic E-state index is 9.89. The van der Waals surface area contributed by atoms with Gasteiger partial charge in [-0.1, -0.05) is 35.4 Å². The minimum Gasteiger partial charge on any atom is -0.389 e. The number of rotatable bonds is 0. The number of halogens is 1. The highest BCUT2D eigenvalue weighted by Gasteiger charge is 2.42. The first-order valence-corrected chi connectivity index (χ1v) is 4.95. The zero-order valence-corrected chi connectivity index (χ0v) is 8.81. The van der Waals surface area contributed by atoms with Crippen molar-refractivity contribution in [2.45, 2.75) is 48.6 Å². The molecule has 1 fully saturated rings. The fourth-order valence-corrected chi connectivity index (χ4v) is 2.11. The summed E-state index contributed by atoms with van der Waals surface area (Å²) < 4.78 is 0.100. The van der Waals surface area contributed by atoms with E-state index in [0.717, 1.165) is 12.8 Å². The van der Waals surface area contributed by atoms with E-state index in [2.05, 4.69) is 29.5 Å². The van der Waals surface area contributed by atoms with Crippen LogP contribution in [0.4, 0.5) is 0 Å². The van der Waals surface area contributed by atoms with Gasteiger partial charge in [0.25, 0.3) is 0 Å². The Hall–Kier alpha value is 0.690. The predicted molar refractivity (Wildman–Crippen MR) is 51.5 cm³/mol. The Bertz CT molecular complexity index is 113. The van der Waals surface area contributed by atoms with Crippen molar-refractivity contribution in [3.8, 4) is 0 Å². The molecule has 1 nitrogen and oxygen atoms in total. The van der Waals surface area contributed by atoms with Crippen LogP contribution in [-0.4, -0.2) is 14.1 Å². The lowest BCUT2D eigenvalue weighted by Crippen LogP contribution is -2.47. The van der Waals surface area contributed by atoms with Crippen molar-refractivity contribution in [3.05, 3.63) is 0 Å². The summed E-state index contributed by atoms with van der Waals surface area (Å²) in [6, 6.07) is 0. The normalized spacial score (nSPS) is 49.2. The molecular formula is C8H15IO. The molecule has 2 atom stereocenters. The summed E-state index contributed by atoms with van der Waals surface area (Å²) in [6.45, 7) is 4.10. The molecule has 1 saturated carbocycles. The molecule has 0 bridgehead atoms. The Morgan fingerprint density at radius 2 is 1.70 bits per heavy atom. The maximum atomic E-state index is 9.89. The van der Waals surface area contributed by atoms with Crippen molar-refractivity contribution in [3.63, 3.8) is 0 Å². The summed E-state index contributed by atoms with van der Waals surface area (Å²) in [7, 11) is 0. The third kappa shape index (κ3) is 1.47. The molecule has 2 unspecified atom stereocenters. The largest absolute Gasteiger partial charge is 0.389 e. The standard InChI is InChI=1S/C8H15IO/c1-7(9)5-3-4-6-8(7,2)10/h10H,3-6H2,1-2H3. The molecule has 0 heterocycles. The van der Waals surface area contributed by atoms with Crippen LogP contribution in [0.3, 0.4) is 0 Å². The lowest BCUT2D eigenvalue weighted by atomic mass is 9.78. The van der Waals surface area contributed by atoms with E-state index in [1.54, 1.807) is 0 Å². The van der Waals surface area contributed by atoms with Gasteiger partial charge in [-0.15, -0.1) is 0 Å². The molecule has 10 heavy (non-hydrogen) atoms. The molecule has 0 spiro atoms.